The van der Waals surface area contributed by atoms with E-state index in [-0.39, 0.29) is 6.54 Å². The molecule has 156 valence electrons. The van der Waals surface area contributed by atoms with Gasteiger partial charge in [-0.05, 0) is 29.8 Å². The first kappa shape index (κ1) is 21.3. The van der Waals surface area contributed by atoms with Crippen molar-refractivity contribution in [2.75, 3.05) is 6.61 Å². The summed E-state index contributed by atoms with van der Waals surface area (Å²) in [5.41, 5.74) is 0.564. The topological polar surface area (TPSA) is 91.3 Å². The van der Waals surface area contributed by atoms with Crippen LogP contribution in [0.5, 0.6) is 0 Å². The van der Waals surface area contributed by atoms with Crippen LogP contribution in [-0.4, -0.2) is 34.6 Å². The van der Waals surface area contributed by atoms with Gasteiger partial charge in [0.05, 0.1) is 23.3 Å². The molecule has 0 radical (unpaired) electrons. The highest BCUT2D eigenvalue weighted by atomic mass is 19.4. The van der Waals surface area contributed by atoms with E-state index in [1.807, 2.05) is 0 Å². The second-order valence-electron chi connectivity index (χ2n) is 6.50. The normalized spacial score (nSPS) is 12.4. The van der Waals surface area contributed by atoms with Crippen LogP contribution in [0.15, 0.2) is 60.8 Å². The number of fused-ring (bicyclic) bond motifs is 1. The summed E-state index contributed by atoms with van der Waals surface area (Å²) in [7, 11) is 0. The number of aliphatic hydroxyl groups is 1. The van der Waals surface area contributed by atoms with Crippen molar-refractivity contribution >= 4 is 22.7 Å². The molecule has 0 aliphatic heterocycles. The number of hydrogen-bond donors (Lipinski definition) is 3. The molecule has 2 amide bonds. The van der Waals surface area contributed by atoms with E-state index < -0.39 is 36.2 Å². The van der Waals surface area contributed by atoms with Gasteiger partial charge < -0.3 is 15.7 Å². The number of aromatic nitrogens is 1. The molecular formula is C21H18F3N3O3. The Morgan fingerprint density at radius 1 is 1.03 bits per heavy atom. The lowest BCUT2D eigenvalue weighted by Gasteiger charge is -2.17. The first-order valence-electron chi connectivity index (χ1n) is 8.99. The highest BCUT2D eigenvalue weighted by Crippen LogP contribution is 2.29. The van der Waals surface area contributed by atoms with Crippen molar-refractivity contribution in [1.29, 1.82) is 0 Å². The summed E-state index contributed by atoms with van der Waals surface area (Å²) in [6.07, 6.45) is -2.97. The van der Waals surface area contributed by atoms with Crippen molar-refractivity contribution in [1.82, 2.24) is 15.6 Å². The van der Waals surface area contributed by atoms with E-state index in [4.69, 9.17) is 0 Å². The number of halogens is 3. The Morgan fingerprint density at radius 3 is 2.40 bits per heavy atom. The number of amides is 2. The fourth-order valence-corrected chi connectivity index (χ4v) is 2.85. The number of nitrogens with one attached hydrogen (secondary N) is 2. The Kier molecular flexibility index (Phi) is 6.31. The number of hydrogen-bond acceptors (Lipinski definition) is 4. The van der Waals surface area contributed by atoms with E-state index >= 15 is 0 Å². The number of carbonyl (C=O) groups is 2. The summed E-state index contributed by atoms with van der Waals surface area (Å²) in [6.45, 7) is -0.699. The number of benzene rings is 2. The second-order valence-corrected chi connectivity index (χ2v) is 6.50. The average Bonchev–Trinajstić information content (AvgIpc) is 2.74. The van der Waals surface area contributed by atoms with Gasteiger partial charge in [-0.1, -0.05) is 30.3 Å². The van der Waals surface area contributed by atoms with Gasteiger partial charge in [-0.25, -0.2) is 0 Å². The van der Waals surface area contributed by atoms with Crippen LogP contribution < -0.4 is 10.6 Å². The average molecular weight is 417 g/mol. The Labute approximate surface area is 169 Å². The SMILES string of the molecule is O=C(N[C@@H](CO)C(=O)NCc1ccc(C(F)(F)F)cc1)c1ccnc2ccccc12. The summed E-state index contributed by atoms with van der Waals surface area (Å²) in [5.74, 6) is -1.22. The van der Waals surface area contributed by atoms with Gasteiger partial charge in [0.15, 0.2) is 0 Å². The van der Waals surface area contributed by atoms with Gasteiger partial charge in [0.25, 0.3) is 5.91 Å². The monoisotopic (exact) mass is 417 g/mol. The molecule has 0 unspecified atom stereocenters. The molecule has 3 N–H and O–H groups in total. The molecule has 0 aliphatic rings. The quantitative estimate of drug-likeness (QED) is 0.575. The van der Waals surface area contributed by atoms with E-state index in [1.165, 1.54) is 24.4 Å². The third-order valence-electron chi connectivity index (χ3n) is 4.45. The van der Waals surface area contributed by atoms with E-state index in [1.54, 1.807) is 24.3 Å². The molecule has 0 fully saturated rings. The summed E-state index contributed by atoms with van der Waals surface area (Å²) < 4.78 is 37.8. The van der Waals surface area contributed by atoms with E-state index in [0.29, 0.717) is 22.0 Å². The van der Waals surface area contributed by atoms with Crippen LogP contribution in [0.1, 0.15) is 21.5 Å². The number of carbonyl (C=O) groups excluding carboxylic acids is 2. The summed E-state index contributed by atoms with van der Waals surface area (Å²) in [5, 5.41) is 15.1. The predicted octanol–water partition coefficient (Wildman–Crippen LogP) is 2.66. The van der Waals surface area contributed by atoms with Gasteiger partial charge in [0.1, 0.15) is 6.04 Å². The lowest BCUT2D eigenvalue weighted by Crippen LogP contribution is -2.48. The fraction of sp³-hybridized carbons (Fsp3) is 0.190. The lowest BCUT2D eigenvalue weighted by atomic mass is 10.1. The van der Waals surface area contributed by atoms with Gasteiger partial charge in [-0.15, -0.1) is 0 Å². The maximum Gasteiger partial charge on any atom is 0.416 e. The molecular weight excluding hydrogens is 399 g/mol. The van der Waals surface area contributed by atoms with Crippen LogP contribution in [-0.2, 0) is 17.5 Å². The maximum absolute atomic E-state index is 12.6. The van der Waals surface area contributed by atoms with E-state index in [0.717, 1.165) is 12.1 Å². The zero-order valence-electron chi connectivity index (χ0n) is 15.6. The number of rotatable bonds is 6. The van der Waals surface area contributed by atoms with Crippen molar-refractivity contribution in [3.63, 3.8) is 0 Å². The smallest absolute Gasteiger partial charge is 0.394 e. The molecule has 30 heavy (non-hydrogen) atoms. The van der Waals surface area contributed by atoms with Crippen molar-refractivity contribution in [2.45, 2.75) is 18.8 Å². The molecule has 0 saturated carbocycles. The molecule has 0 spiro atoms. The minimum Gasteiger partial charge on any atom is -0.394 e. The van der Waals surface area contributed by atoms with E-state index in [2.05, 4.69) is 15.6 Å². The van der Waals surface area contributed by atoms with Crippen LogP contribution in [0.4, 0.5) is 13.2 Å². The Balaban J connectivity index is 1.64. The lowest BCUT2D eigenvalue weighted by molar-refractivity contribution is -0.137. The third-order valence-corrected chi connectivity index (χ3v) is 4.45. The van der Waals surface area contributed by atoms with Gasteiger partial charge in [0, 0.05) is 18.1 Å². The number of para-hydroxylation sites is 1. The molecule has 3 rings (SSSR count). The van der Waals surface area contributed by atoms with Crippen LogP contribution >= 0.6 is 0 Å². The van der Waals surface area contributed by atoms with Crippen LogP contribution in [0.2, 0.25) is 0 Å². The highest BCUT2D eigenvalue weighted by molar-refractivity contribution is 6.07. The molecule has 1 heterocycles. The molecule has 0 aliphatic carbocycles. The van der Waals surface area contributed by atoms with Gasteiger partial charge in [0.2, 0.25) is 5.91 Å². The maximum atomic E-state index is 12.6. The summed E-state index contributed by atoms with van der Waals surface area (Å²) >= 11 is 0. The minimum absolute atomic E-state index is 0.0540. The minimum atomic E-state index is -4.44. The Morgan fingerprint density at radius 2 is 1.73 bits per heavy atom. The van der Waals surface area contributed by atoms with Crippen molar-refractivity contribution in [3.8, 4) is 0 Å². The number of aliphatic hydroxyl groups excluding tert-OH is 1. The number of nitrogens with zero attached hydrogens (tertiary/aromatic N) is 1. The summed E-state index contributed by atoms with van der Waals surface area (Å²) in [6, 6.07) is 11.6. The summed E-state index contributed by atoms with van der Waals surface area (Å²) in [4.78, 5) is 29.1. The van der Waals surface area contributed by atoms with Crippen molar-refractivity contribution in [2.24, 2.45) is 0 Å². The molecule has 1 aromatic heterocycles. The molecule has 1 atom stereocenters. The second kappa shape index (κ2) is 8.91. The zero-order chi connectivity index (χ0) is 21.7. The van der Waals surface area contributed by atoms with E-state index in [9.17, 15) is 27.9 Å². The molecule has 3 aromatic rings. The predicted molar refractivity (Wildman–Crippen MR) is 103 cm³/mol. The molecule has 2 aromatic carbocycles. The first-order chi connectivity index (χ1) is 14.3. The first-order valence-corrected chi connectivity index (χ1v) is 8.99. The molecule has 0 bridgehead atoms. The van der Waals surface area contributed by atoms with Crippen LogP contribution in [0.3, 0.4) is 0 Å². The molecule has 9 heteroatoms. The van der Waals surface area contributed by atoms with Gasteiger partial charge in [-0.3, -0.25) is 14.6 Å². The molecule has 0 saturated heterocycles. The Bertz CT molecular complexity index is 1050. The number of alkyl halides is 3. The van der Waals surface area contributed by atoms with Gasteiger partial charge >= 0.3 is 6.18 Å². The van der Waals surface area contributed by atoms with Crippen LogP contribution in [0.25, 0.3) is 10.9 Å². The third kappa shape index (κ3) is 4.93. The fourth-order valence-electron chi connectivity index (χ4n) is 2.85. The van der Waals surface area contributed by atoms with Crippen LogP contribution in [0, 0.1) is 0 Å². The standard InChI is InChI=1S/C21H18F3N3O3/c22-21(23,24)14-7-5-13(6-8-14)11-26-20(30)18(12-28)27-19(29)16-9-10-25-17-4-2-1-3-15(16)17/h1-10,18,28H,11-12H2,(H,26,30)(H,27,29)/t18-/m0/s1. The zero-order valence-corrected chi connectivity index (χ0v) is 15.6. The molecule has 6 nitrogen and oxygen atoms in total. The Hall–Kier alpha value is -3.46. The number of pyridine rings is 1. The van der Waals surface area contributed by atoms with Gasteiger partial charge in [-0.2, -0.15) is 13.2 Å². The van der Waals surface area contributed by atoms with Crippen molar-refractivity contribution < 1.29 is 27.9 Å². The highest BCUT2D eigenvalue weighted by Gasteiger charge is 2.30. The van der Waals surface area contributed by atoms with Crippen molar-refractivity contribution in [3.05, 3.63) is 77.5 Å². The largest absolute Gasteiger partial charge is 0.416 e.